The first-order valence-corrected chi connectivity index (χ1v) is 10.3. The Bertz CT molecular complexity index is 1680. The van der Waals surface area contributed by atoms with Gasteiger partial charge in [-0.05, 0) is 35.9 Å². The number of ether oxygens (including phenoxy) is 2. The van der Waals surface area contributed by atoms with Crippen molar-refractivity contribution < 1.29 is 9.47 Å². The van der Waals surface area contributed by atoms with Gasteiger partial charge in [-0.1, -0.05) is 6.07 Å². The molecule has 0 spiro atoms. The van der Waals surface area contributed by atoms with Crippen LogP contribution in [-0.4, -0.2) is 46.7 Å². The summed E-state index contributed by atoms with van der Waals surface area (Å²) in [5.74, 6) is 2.05. The quantitative estimate of drug-likeness (QED) is 0.434. The number of fused-ring (bicyclic) bond motifs is 3. The number of hydrogen-bond acceptors (Lipinski definition) is 7. The standard InChI is InChI=1S/C23H16N8O2/c1-31-10-13(9-25-31)15-3-4-16-20(26-15)21(30-29-16)23-27-19-14(6-7-24-22(19)28-23)12-2-5-17-18(8-12)33-11-32-17/h2-10H,11H2,1H3,(H,29,30)(H,24,27,28). The zero-order chi connectivity index (χ0) is 21.9. The van der Waals surface area contributed by atoms with E-state index in [1.165, 1.54) is 0 Å². The number of benzene rings is 1. The fourth-order valence-corrected chi connectivity index (χ4v) is 4.10. The van der Waals surface area contributed by atoms with E-state index in [2.05, 4.69) is 25.3 Å². The first kappa shape index (κ1) is 17.9. The summed E-state index contributed by atoms with van der Waals surface area (Å²) in [5, 5.41) is 11.8. The molecule has 10 heteroatoms. The summed E-state index contributed by atoms with van der Waals surface area (Å²) in [5.41, 5.74) is 7.23. The highest BCUT2D eigenvalue weighted by Crippen LogP contribution is 2.38. The van der Waals surface area contributed by atoms with Crippen LogP contribution in [0.2, 0.25) is 0 Å². The Kier molecular flexibility index (Phi) is 3.60. The molecule has 0 unspecified atom stereocenters. The van der Waals surface area contributed by atoms with Gasteiger partial charge < -0.3 is 14.5 Å². The maximum Gasteiger partial charge on any atom is 0.231 e. The molecule has 0 amide bonds. The third kappa shape index (κ3) is 2.77. The van der Waals surface area contributed by atoms with Gasteiger partial charge in [0.25, 0.3) is 0 Å². The summed E-state index contributed by atoms with van der Waals surface area (Å²) in [6.07, 6.45) is 5.47. The molecule has 7 rings (SSSR count). The normalized spacial score (nSPS) is 12.8. The zero-order valence-electron chi connectivity index (χ0n) is 17.4. The fraction of sp³-hybridized carbons (Fsp3) is 0.0870. The highest BCUT2D eigenvalue weighted by atomic mass is 16.7. The van der Waals surface area contributed by atoms with Crippen molar-refractivity contribution in [1.29, 1.82) is 0 Å². The maximum atomic E-state index is 5.54. The van der Waals surface area contributed by atoms with Gasteiger partial charge in [-0.2, -0.15) is 10.2 Å². The van der Waals surface area contributed by atoms with E-state index in [4.69, 9.17) is 19.4 Å². The number of aromatic nitrogens is 8. The molecule has 5 aromatic heterocycles. The summed E-state index contributed by atoms with van der Waals surface area (Å²) in [6.45, 7) is 0.233. The Labute approximate surface area is 186 Å². The monoisotopic (exact) mass is 436 g/mol. The van der Waals surface area contributed by atoms with Crippen molar-refractivity contribution in [1.82, 2.24) is 39.9 Å². The lowest BCUT2D eigenvalue weighted by Gasteiger charge is -2.03. The summed E-state index contributed by atoms with van der Waals surface area (Å²) in [4.78, 5) is 17.5. The van der Waals surface area contributed by atoms with E-state index in [1.807, 2.05) is 49.6 Å². The second-order valence-corrected chi connectivity index (χ2v) is 7.78. The van der Waals surface area contributed by atoms with Gasteiger partial charge in [-0.25, -0.2) is 15.0 Å². The summed E-state index contributed by atoms with van der Waals surface area (Å²) in [6, 6.07) is 11.7. The molecule has 0 radical (unpaired) electrons. The lowest BCUT2D eigenvalue weighted by molar-refractivity contribution is 0.174. The number of aryl methyl sites for hydroxylation is 1. The molecular weight excluding hydrogens is 420 g/mol. The molecule has 1 aliphatic heterocycles. The Morgan fingerprint density at radius 3 is 2.82 bits per heavy atom. The van der Waals surface area contributed by atoms with E-state index < -0.39 is 0 Å². The fourth-order valence-electron chi connectivity index (χ4n) is 4.10. The number of pyridine rings is 2. The topological polar surface area (TPSA) is 119 Å². The van der Waals surface area contributed by atoms with Gasteiger partial charge in [0.05, 0.1) is 17.4 Å². The van der Waals surface area contributed by atoms with Crippen molar-refractivity contribution in [3.63, 3.8) is 0 Å². The summed E-state index contributed by atoms with van der Waals surface area (Å²) < 4.78 is 12.7. The molecule has 0 saturated carbocycles. The van der Waals surface area contributed by atoms with E-state index in [0.717, 1.165) is 50.4 Å². The third-order valence-corrected chi connectivity index (χ3v) is 5.70. The molecule has 33 heavy (non-hydrogen) atoms. The molecule has 160 valence electrons. The zero-order valence-corrected chi connectivity index (χ0v) is 17.4. The van der Waals surface area contributed by atoms with Crippen molar-refractivity contribution >= 4 is 22.2 Å². The Hall–Kier alpha value is -4.73. The predicted molar refractivity (Wildman–Crippen MR) is 121 cm³/mol. The van der Waals surface area contributed by atoms with E-state index >= 15 is 0 Å². The SMILES string of the molecule is Cn1cc(-c2ccc3[nH]nc(-c4nc5c(-c6ccc7c(c6)OCO7)ccnc5[nH]4)c3n2)cn1. The molecule has 0 fully saturated rings. The average molecular weight is 436 g/mol. The van der Waals surface area contributed by atoms with Crippen LogP contribution in [-0.2, 0) is 7.05 Å². The second kappa shape index (κ2) is 6.63. The minimum atomic E-state index is 0.233. The minimum Gasteiger partial charge on any atom is -0.454 e. The van der Waals surface area contributed by atoms with Gasteiger partial charge >= 0.3 is 0 Å². The van der Waals surface area contributed by atoms with Crippen molar-refractivity contribution in [2.45, 2.75) is 0 Å². The van der Waals surface area contributed by atoms with Crippen LogP contribution in [0.1, 0.15) is 0 Å². The maximum absolute atomic E-state index is 5.54. The van der Waals surface area contributed by atoms with E-state index in [1.54, 1.807) is 17.1 Å². The third-order valence-electron chi connectivity index (χ3n) is 5.70. The lowest BCUT2D eigenvalue weighted by Crippen LogP contribution is -1.92. The van der Waals surface area contributed by atoms with Crippen molar-refractivity contribution in [2.75, 3.05) is 6.79 Å². The number of nitrogens with zero attached hydrogens (tertiary/aromatic N) is 6. The van der Waals surface area contributed by atoms with E-state index in [-0.39, 0.29) is 6.79 Å². The Balaban J connectivity index is 1.37. The number of H-pyrrole nitrogens is 2. The van der Waals surface area contributed by atoms with Crippen LogP contribution in [0.3, 0.4) is 0 Å². The van der Waals surface area contributed by atoms with Gasteiger partial charge in [0, 0.05) is 30.6 Å². The molecule has 0 saturated heterocycles. The van der Waals surface area contributed by atoms with Crippen LogP contribution < -0.4 is 9.47 Å². The van der Waals surface area contributed by atoms with Gasteiger partial charge in [0.1, 0.15) is 11.0 Å². The van der Waals surface area contributed by atoms with Gasteiger partial charge in [0.15, 0.2) is 28.7 Å². The first-order valence-electron chi connectivity index (χ1n) is 10.3. The van der Waals surface area contributed by atoms with Crippen LogP contribution in [0.25, 0.3) is 56.1 Å². The van der Waals surface area contributed by atoms with Crippen molar-refractivity contribution in [3.05, 3.63) is 55.0 Å². The number of nitrogens with one attached hydrogen (secondary N) is 2. The average Bonchev–Trinajstić information content (AvgIpc) is 3.62. The summed E-state index contributed by atoms with van der Waals surface area (Å²) >= 11 is 0. The Morgan fingerprint density at radius 1 is 0.970 bits per heavy atom. The summed E-state index contributed by atoms with van der Waals surface area (Å²) in [7, 11) is 1.88. The number of rotatable bonds is 3. The molecule has 0 bridgehead atoms. The van der Waals surface area contributed by atoms with Gasteiger partial charge in [0.2, 0.25) is 6.79 Å². The molecule has 10 nitrogen and oxygen atoms in total. The largest absolute Gasteiger partial charge is 0.454 e. The lowest BCUT2D eigenvalue weighted by atomic mass is 10.1. The van der Waals surface area contributed by atoms with Crippen molar-refractivity contribution in [2.24, 2.45) is 7.05 Å². The molecule has 1 aliphatic rings. The van der Waals surface area contributed by atoms with E-state index in [0.29, 0.717) is 17.2 Å². The van der Waals surface area contributed by atoms with Crippen LogP contribution in [0.15, 0.2) is 55.0 Å². The first-order chi connectivity index (χ1) is 16.2. The Morgan fingerprint density at radius 2 is 1.91 bits per heavy atom. The molecule has 0 aliphatic carbocycles. The molecule has 6 aromatic rings. The number of hydrogen-bond donors (Lipinski definition) is 2. The van der Waals surface area contributed by atoms with Crippen LogP contribution >= 0.6 is 0 Å². The second-order valence-electron chi connectivity index (χ2n) is 7.78. The molecule has 6 heterocycles. The van der Waals surface area contributed by atoms with Crippen molar-refractivity contribution in [3.8, 4) is 45.4 Å². The van der Waals surface area contributed by atoms with Crippen LogP contribution in [0, 0.1) is 0 Å². The molecule has 0 atom stereocenters. The van der Waals surface area contributed by atoms with Crippen LogP contribution in [0.5, 0.6) is 11.5 Å². The van der Waals surface area contributed by atoms with E-state index in [9.17, 15) is 0 Å². The molecule has 1 aromatic carbocycles. The predicted octanol–water partition coefficient (Wildman–Crippen LogP) is 3.69. The minimum absolute atomic E-state index is 0.233. The van der Waals surface area contributed by atoms with Gasteiger partial charge in [-0.15, -0.1) is 0 Å². The molecular formula is C23H16N8O2. The highest BCUT2D eigenvalue weighted by molar-refractivity contribution is 5.95. The molecule has 2 N–H and O–H groups in total. The van der Waals surface area contributed by atoms with Crippen LogP contribution in [0.4, 0.5) is 0 Å². The van der Waals surface area contributed by atoms with Gasteiger partial charge in [-0.3, -0.25) is 9.78 Å². The smallest absolute Gasteiger partial charge is 0.231 e. The number of aromatic amines is 2. The highest BCUT2D eigenvalue weighted by Gasteiger charge is 2.19. The number of imidazole rings is 1.